The second-order valence-electron chi connectivity index (χ2n) is 14.7. The quantitative estimate of drug-likeness (QED) is 0.0543. The Bertz CT molecular complexity index is 586. The maximum atomic E-state index is 5.20. The molecule has 0 saturated heterocycles. The smallest absolute Gasteiger partial charge is 0.0701 e. The summed E-state index contributed by atoms with van der Waals surface area (Å²) in [5.74, 6) is 18.3. The first-order valence-corrected chi connectivity index (χ1v) is 41.0. The normalized spacial score (nSPS) is 9.23. The molecule has 0 bridgehead atoms. The lowest BCUT2D eigenvalue weighted by atomic mass is 10.5. The van der Waals surface area contributed by atoms with Gasteiger partial charge in [0.15, 0.2) is 0 Å². The van der Waals surface area contributed by atoms with Crippen LogP contribution >= 0.6 is 106 Å². The summed E-state index contributed by atoms with van der Waals surface area (Å²) >= 11 is 17.8. The first-order valence-electron chi connectivity index (χ1n) is 29.7. The third-order valence-corrected chi connectivity index (χ3v) is 15.9. The van der Waals surface area contributed by atoms with E-state index in [2.05, 4.69) is 148 Å². The third-order valence-electron chi connectivity index (χ3n) is 7.18. The van der Waals surface area contributed by atoms with Gasteiger partial charge in [0.1, 0.15) is 0 Å². The molecule has 0 aliphatic carbocycles. The second-order valence-corrected chi connectivity index (χ2v) is 25.5. The van der Waals surface area contributed by atoms with Crippen molar-refractivity contribution in [2.75, 3.05) is 226 Å². The largest absolute Gasteiger partial charge is 0.385 e. The molecule has 0 aromatic rings. The molecule has 0 heterocycles. The van der Waals surface area contributed by atoms with Gasteiger partial charge in [0.2, 0.25) is 0 Å². The molecule has 18 heteroatoms. The number of hydrogen-bond acceptors (Lipinski definition) is 18. The highest BCUT2D eigenvalue weighted by Crippen LogP contribution is 2.09. The standard InChI is InChI=1S/C8H18O3.C8H18S3.C6H14O2.C6H14S2.C5H12O.C5H12S.2C4H10O.2C4H10S.C3H8O.C3H8S/c2*1-3-4-10-7-8-11-6-5-9-2;2*1-3-4-8-6-5-7-2;2*1-3-5-6-4-2;1-3-4-5-2;1-3-5-4-2;1-3-4-5-2;1-3-5-4-2;2*1-3-4-2/h2*3-8H2,1-2H3;2*3-6H2,1-2H3;2*3-5H2,1-2H3;4*3-4H2,1-2H3;2*3H2,1-2H3. The van der Waals surface area contributed by atoms with E-state index in [1.807, 2.05) is 98.3 Å². The lowest BCUT2D eigenvalue weighted by Crippen LogP contribution is -2.08. The molecule has 492 valence electrons. The topological polar surface area (TPSA) is 83.1 Å². The van der Waals surface area contributed by atoms with Crippen molar-refractivity contribution in [1.29, 1.82) is 0 Å². The number of methoxy groups -OCH3 is 4. The summed E-state index contributed by atoms with van der Waals surface area (Å²) in [5, 5.41) is 0. The van der Waals surface area contributed by atoms with E-state index in [0.29, 0.717) is 33.0 Å². The third kappa shape index (κ3) is 238. The lowest BCUT2D eigenvalue weighted by Gasteiger charge is -2.03. The average molecular weight is 1300 g/mol. The highest BCUT2D eigenvalue weighted by Gasteiger charge is 1.90. The van der Waals surface area contributed by atoms with Crippen LogP contribution in [0.15, 0.2) is 0 Å². The van der Waals surface area contributed by atoms with Crippen LogP contribution in [-0.4, -0.2) is 226 Å². The molecule has 0 N–H and O–H groups in total. The van der Waals surface area contributed by atoms with Gasteiger partial charge in [-0.1, -0.05) is 83.1 Å². The summed E-state index contributed by atoms with van der Waals surface area (Å²) in [6.07, 6.45) is 18.2. The fourth-order valence-electron chi connectivity index (χ4n) is 3.39. The molecular weight excluding hydrogens is 1150 g/mol. The summed E-state index contributed by atoms with van der Waals surface area (Å²) in [5.41, 5.74) is 0. The number of ether oxygens (including phenoxy) is 9. The van der Waals surface area contributed by atoms with Gasteiger partial charge >= 0.3 is 0 Å². The fraction of sp³-hybridized carbons (Fsp3) is 1.00. The zero-order valence-corrected chi connectivity index (χ0v) is 64.2. The zero-order chi connectivity index (χ0) is 62.2. The molecule has 78 heavy (non-hydrogen) atoms. The molecule has 9 nitrogen and oxygen atoms in total. The highest BCUT2D eigenvalue weighted by atomic mass is 32.2. The summed E-state index contributed by atoms with van der Waals surface area (Å²) in [6, 6.07) is 0. The van der Waals surface area contributed by atoms with Crippen LogP contribution < -0.4 is 0 Å². The molecule has 0 spiro atoms. The van der Waals surface area contributed by atoms with E-state index in [-0.39, 0.29) is 0 Å². The van der Waals surface area contributed by atoms with Crippen molar-refractivity contribution in [1.82, 2.24) is 0 Å². The summed E-state index contributed by atoms with van der Waals surface area (Å²) in [6.45, 7) is 44.8. The van der Waals surface area contributed by atoms with Crippen molar-refractivity contribution in [2.24, 2.45) is 0 Å². The molecule has 0 radical (unpaired) electrons. The van der Waals surface area contributed by atoms with Gasteiger partial charge in [0, 0.05) is 116 Å². The van der Waals surface area contributed by atoms with Gasteiger partial charge in [-0.05, 0) is 150 Å². The Morgan fingerprint density at radius 2 is 0.487 bits per heavy atom. The van der Waals surface area contributed by atoms with Crippen molar-refractivity contribution in [2.45, 2.75) is 162 Å². The minimum atomic E-state index is 0.659. The van der Waals surface area contributed by atoms with Gasteiger partial charge < -0.3 is 42.6 Å². The average Bonchev–Trinajstić information content (AvgIpc) is 3.46. The Morgan fingerprint density at radius 3 is 0.667 bits per heavy atom. The summed E-state index contributed by atoms with van der Waals surface area (Å²) in [7, 11) is 6.73. The second kappa shape index (κ2) is 154. The molecule has 0 aromatic carbocycles. The maximum absolute atomic E-state index is 5.20. The van der Waals surface area contributed by atoms with E-state index >= 15 is 0 Å². The van der Waals surface area contributed by atoms with Gasteiger partial charge in [0.25, 0.3) is 0 Å². The Labute approximate surface area is 532 Å². The van der Waals surface area contributed by atoms with Crippen molar-refractivity contribution < 1.29 is 42.6 Å². The molecule has 0 saturated carbocycles. The van der Waals surface area contributed by atoms with Gasteiger partial charge in [-0.2, -0.15) is 106 Å². The van der Waals surface area contributed by atoms with Crippen LogP contribution in [-0.2, 0) is 42.6 Å². The van der Waals surface area contributed by atoms with Crippen LogP contribution in [0.5, 0.6) is 0 Å². The van der Waals surface area contributed by atoms with E-state index in [1.165, 1.54) is 106 Å². The van der Waals surface area contributed by atoms with Crippen molar-refractivity contribution in [3.8, 4) is 0 Å². The van der Waals surface area contributed by atoms with Crippen LogP contribution in [0.1, 0.15) is 162 Å². The minimum absolute atomic E-state index is 0.659. The van der Waals surface area contributed by atoms with Crippen LogP contribution in [0, 0.1) is 0 Å². The molecular formula is C60H144O9S9. The van der Waals surface area contributed by atoms with Crippen LogP contribution in [0.3, 0.4) is 0 Å². The number of thioether (sulfide) groups is 9. The molecule has 0 aromatic heterocycles. The Kier molecular flexibility index (Phi) is 214. The fourth-order valence-corrected chi connectivity index (χ4v) is 9.19. The SMILES string of the molecule is CCCOC.CCCOCC.CCCOCCOC.CCCOCCOCCOC.CCCSC.CCCSCC.CCCSCCSC.CCCSCCSCCSC.CCOC.CCOCC.CCSC.CCSCC. The van der Waals surface area contributed by atoms with E-state index in [1.54, 1.807) is 28.4 Å². The van der Waals surface area contributed by atoms with Gasteiger partial charge in [-0.15, -0.1) is 0 Å². The van der Waals surface area contributed by atoms with Crippen molar-refractivity contribution in [3.05, 3.63) is 0 Å². The van der Waals surface area contributed by atoms with Crippen molar-refractivity contribution in [3.63, 3.8) is 0 Å². The Hall–Kier alpha value is 2.79. The molecule has 0 aliphatic heterocycles. The van der Waals surface area contributed by atoms with E-state index in [0.717, 1.165) is 85.1 Å². The summed E-state index contributed by atoms with van der Waals surface area (Å²) < 4.78 is 44.1. The minimum Gasteiger partial charge on any atom is -0.385 e. The van der Waals surface area contributed by atoms with E-state index in [9.17, 15) is 0 Å². The highest BCUT2D eigenvalue weighted by molar-refractivity contribution is 8.04. The summed E-state index contributed by atoms with van der Waals surface area (Å²) in [4.78, 5) is 0. The van der Waals surface area contributed by atoms with Gasteiger partial charge in [-0.25, -0.2) is 0 Å². The molecule has 0 aliphatic rings. The molecule has 0 atom stereocenters. The van der Waals surface area contributed by atoms with Crippen molar-refractivity contribution >= 4 is 106 Å². The van der Waals surface area contributed by atoms with Gasteiger partial charge in [0.05, 0.1) is 39.6 Å². The predicted molar refractivity (Wildman–Crippen MR) is 389 cm³/mol. The molecule has 0 unspecified atom stereocenters. The number of rotatable bonds is 42. The first-order chi connectivity index (χ1) is 38.0. The lowest BCUT2D eigenvalue weighted by molar-refractivity contribution is 0.0250. The monoisotopic (exact) mass is 1300 g/mol. The van der Waals surface area contributed by atoms with Crippen LogP contribution in [0.2, 0.25) is 0 Å². The predicted octanol–water partition coefficient (Wildman–Crippen LogP) is 19.1. The van der Waals surface area contributed by atoms with E-state index in [4.69, 9.17) is 37.9 Å². The Morgan fingerprint density at radius 1 is 0.205 bits per heavy atom. The van der Waals surface area contributed by atoms with Crippen LogP contribution in [0.4, 0.5) is 0 Å². The Balaban J connectivity index is -0.0000000619. The molecule has 0 amide bonds. The maximum Gasteiger partial charge on any atom is 0.0701 e. The zero-order valence-electron chi connectivity index (χ0n) is 56.8. The van der Waals surface area contributed by atoms with Gasteiger partial charge in [-0.3, -0.25) is 0 Å². The van der Waals surface area contributed by atoms with E-state index < -0.39 is 0 Å². The van der Waals surface area contributed by atoms with Crippen LogP contribution in [0.25, 0.3) is 0 Å². The number of hydrogen-bond donors (Lipinski definition) is 0. The molecule has 0 fully saturated rings. The molecule has 0 rings (SSSR count). The first kappa shape index (κ1) is 109.